The summed E-state index contributed by atoms with van der Waals surface area (Å²) in [5.41, 5.74) is 2.03. The van der Waals surface area contributed by atoms with Crippen LogP contribution < -0.4 is 10.2 Å². The van der Waals surface area contributed by atoms with Crippen LogP contribution in [0.15, 0.2) is 36.5 Å². The molecule has 1 saturated heterocycles. The van der Waals surface area contributed by atoms with E-state index in [-0.39, 0.29) is 23.8 Å². The van der Waals surface area contributed by atoms with Crippen LogP contribution in [0.3, 0.4) is 0 Å². The number of anilines is 1. The number of benzene rings is 1. The van der Waals surface area contributed by atoms with Crippen LogP contribution in [0.4, 0.5) is 5.82 Å². The fraction of sp³-hybridized carbons (Fsp3) is 0.481. The third-order valence-electron chi connectivity index (χ3n) is 7.53. The van der Waals surface area contributed by atoms with E-state index < -0.39 is 0 Å². The quantitative estimate of drug-likeness (QED) is 0.647. The average Bonchev–Trinajstić information content (AvgIpc) is 3.17. The monoisotopic (exact) mass is 475 g/mol. The second-order valence-corrected chi connectivity index (χ2v) is 9.66. The highest BCUT2D eigenvalue weighted by molar-refractivity contribution is 6.22. The highest BCUT2D eigenvalue weighted by atomic mass is 16.2. The van der Waals surface area contributed by atoms with E-state index in [1.165, 1.54) is 4.90 Å². The van der Waals surface area contributed by atoms with Gasteiger partial charge >= 0.3 is 0 Å². The van der Waals surface area contributed by atoms with Crippen molar-refractivity contribution >= 4 is 23.5 Å². The zero-order chi connectivity index (χ0) is 24.4. The lowest BCUT2D eigenvalue weighted by Crippen LogP contribution is -2.46. The number of hydrogen-bond donors (Lipinski definition) is 1. The van der Waals surface area contributed by atoms with Crippen LogP contribution in [0.25, 0.3) is 0 Å². The van der Waals surface area contributed by atoms with Gasteiger partial charge in [0.25, 0.3) is 17.7 Å². The first-order valence-electron chi connectivity index (χ1n) is 12.8. The topological polar surface area (TPSA) is 85.9 Å². The van der Waals surface area contributed by atoms with E-state index in [1.54, 1.807) is 24.4 Å². The number of rotatable bonds is 6. The molecule has 2 aliphatic heterocycles. The van der Waals surface area contributed by atoms with Gasteiger partial charge in [-0.05, 0) is 49.2 Å². The second-order valence-electron chi connectivity index (χ2n) is 9.66. The van der Waals surface area contributed by atoms with E-state index in [9.17, 15) is 14.4 Å². The molecule has 3 heterocycles. The summed E-state index contributed by atoms with van der Waals surface area (Å²) in [6.45, 7) is 7.63. The van der Waals surface area contributed by atoms with E-state index in [0.717, 1.165) is 76.2 Å². The van der Waals surface area contributed by atoms with Crippen molar-refractivity contribution in [3.63, 3.8) is 0 Å². The molecule has 0 spiro atoms. The zero-order valence-electron chi connectivity index (χ0n) is 20.3. The van der Waals surface area contributed by atoms with Gasteiger partial charge in [0.15, 0.2) is 0 Å². The maximum absolute atomic E-state index is 13.0. The first-order valence-corrected chi connectivity index (χ1v) is 12.8. The Kier molecular flexibility index (Phi) is 6.81. The van der Waals surface area contributed by atoms with Crippen LogP contribution in [0.1, 0.15) is 75.7 Å². The highest BCUT2D eigenvalue weighted by Crippen LogP contribution is 2.31. The van der Waals surface area contributed by atoms with Gasteiger partial charge < -0.3 is 15.1 Å². The molecule has 0 radical (unpaired) electrons. The minimum absolute atomic E-state index is 0.0283. The van der Waals surface area contributed by atoms with E-state index in [0.29, 0.717) is 23.2 Å². The van der Waals surface area contributed by atoms with Crippen LogP contribution in [0.2, 0.25) is 0 Å². The molecular weight excluding hydrogens is 442 g/mol. The number of piperazine rings is 1. The average molecular weight is 476 g/mol. The van der Waals surface area contributed by atoms with Crippen LogP contribution in [0.5, 0.6) is 0 Å². The smallest absolute Gasteiger partial charge is 0.261 e. The van der Waals surface area contributed by atoms with E-state index in [1.807, 2.05) is 12.1 Å². The van der Waals surface area contributed by atoms with E-state index in [2.05, 4.69) is 27.0 Å². The van der Waals surface area contributed by atoms with Crippen LogP contribution in [-0.4, -0.2) is 71.3 Å². The number of hydrogen-bond acceptors (Lipinski definition) is 6. The summed E-state index contributed by atoms with van der Waals surface area (Å²) in [6, 6.07) is 8.76. The van der Waals surface area contributed by atoms with Crippen molar-refractivity contribution in [1.29, 1.82) is 0 Å². The molecule has 0 bridgehead atoms. The van der Waals surface area contributed by atoms with Crippen LogP contribution >= 0.6 is 0 Å². The number of likely N-dealkylation sites (N-methyl/N-ethyl adjacent to an activating group) is 1. The Balaban J connectivity index is 1.20. The molecule has 2 aromatic rings. The molecular formula is C27H33N5O3. The Hall–Kier alpha value is -3.26. The maximum atomic E-state index is 13.0. The second kappa shape index (κ2) is 10.2. The summed E-state index contributed by atoms with van der Waals surface area (Å²) >= 11 is 0. The number of carbonyl (C=O) groups is 3. The lowest BCUT2D eigenvalue weighted by molar-refractivity contribution is 0.0548. The largest absolute Gasteiger partial charge is 0.354 e. The fourth-order valence-corrected chi connectivity index (χ4v) is 5.36. The summed E-state index contributed by atoms with van der Waals surface area (Å²) in [6.07, 6.45) is 6.75. The molecule has 184 valence electrons. The third-order valence-corrected chi connectivity index (χ3v) is 7.53. The lowest BCUT2D eigenvalue weighted by atomic mass is 9.94. The predicted molar refractivity (Wildman–Crippen MR) is 134 cm³/mol. The van der Waals surface area contributed by atoms with Crippen molar-refractivity contribution in [3.05, 3.63) is 58.8 Å². The van der Waals surface area contributed by atoms with Gasteiger partial charge in [0.1, 0.15) is 5.82 Å². The molecule has 1 aromatic carbocycles. The van der Waals surface area contributed by atoms with Gasteiger partial charge in [-0.1, -0.05) is 32.3 Å². The van der Waals surface area contributed by atoms with Gasteiger partial charge in [0, 0.05) is 50.5 Å². The minimum Gasteiger partial charge on any atom is -0.354 e. The van der Waals surface area contributed by atoms with E-state index in [4.69, 9.17) is 0 Å². The lowest BCUT2D eigenvalue weighted by Gasteiger charge is -2.34. The predicted octanol–water partition coefficient (Wildman–Crippen LogP) is 3.08. The van der Waals surface area contributed by atoms with Gasteiger partial charge in [0.2, 0.25) is 0 Å². The normalized spacial score (nSPS) is 19.2. The number of imide groups is 1. The standard InChI is InChI=1S/C27H33N5O3/c1-2-30-12-14-31(15-13-30)24-11-8-19(17-28-24)18-29-25(33)20-9-10-22-23(16-20)27(35)32(26(22)34)21-6-4-3-5-7-21/h8-11,16-17,21H,2-7,12-15,18H2,1H3,(H,29,33). The molecule has 1 N–H and O–H groups in total. The molecule has 1 aromatic heterocycles. The number of amides is 3. The van der Waals surface area contributed by atoms with Gasteiger partial charge in [0.05, 0.1) is 11.1 Å². The Bertz CT molecular complexity index is 1100. The van der Waals surface area contributed by atoms with Crippen molar-refractivity contribution in [3.8, 4) is 0 Å². The van der Waals surface area contributed by atoms with Crippen molar-refractivity contribution in [2.45, 2.75) is 51.6 Å². The first-order chi connectivity index (χ1) is 17.0. The molecule has 3 aliphatic rings. The fourth-order valence-electron chi connectivity index (χ4n) is 5.36. The third kappa shape index (κ3) is 4.80. The number of nitrogens with one attached hydrogen (secondary N) is 1. The van der Waals surface area contributed by atoms with Gasteiger partial charge in [-0.2, -0.15) is 0 Å². The van der Waals surface area contributed by atoms with E-state index >= 15 is 0 Å². The Morgan fingerprint density at radius 3 is 2.40 bits per heavy atom. The van der Waals surface area contributed by atoms with Gasteiger partial charge in [-0.15, -0.1) is 0 Å². The van der Waals surface area contributed by atoms with Crippen molar-refractivity contribution in [2.24, 2.45) is 0 Å². The van der Waals surface area contributed by atoms with Gasteiger partial charge in [-0.25, -0.2) is 4.98 Å². The molecule has 0 atom stereocenters. The Morgan fingerprint density at radius 1 is 0.971 bits per heavy atom. The maximum Gasteiger partial charge on any atom is 0.261 e. The van der Waals surface area contributed by atoms with Crippen molar-refractivity contribution in [2.75, 3.05) is 37.6 Å². The Labute approximate surface area is 206 Å². The number of pyridine rings is 1. The summed E-state index contributed by atoms with van der Waals surface area (Å²) in [5.74, 6) is 0.182. The zero-order valence-corrected chi connectivity index (χ0v) is 20.3. The number of carbonyl (C=O) groups excluding carboxylic acids is 3. The molecule has 0 unspecified atom stereocenters. The highest BCUT2D eigenvalue weighted by Gasteiger charge is 2.40. The van der Waals surface area contributed by atoms with Crippen LogP contribution in [0, 0.1) is 0 Å². The summed E-state index contributed by atoms with van der Waals surface area (Å²) in [5, 5.41) is 2.91. The van der Waals surface area contributed by atoms with Crippen molar-refractivity contribution < 1.29 is 14.4 Å². The molecule has 8 heteroatoms. The molecule has 8 nitrogen and oxygen atoms in total. The molecule has 2 fully saturated rings. The van der Waals surface area contributed by atoms with Crippen molar-refractivity contribution in [1.82, 2.24) is 20.1 Å². The van der Waals surface area contributed by atoms with Crippen LogP contribution in [-0.2, 0) is 6.54 Å². The van der Waals surface area contributed by atoms with Gasteiger partial charge in [-0.3, -0.25) is 19.3 Å². The number of nitrogens with zero attached hydrogens (tertiary/aromatic N) is 4. The summed E-state index contributed by atoms with van der Waals surface area (Å²) in [4.78, 5) is 49.4. The number of fused-ring (bicyclic) bond motifs is 1. The minimum atomic E-state index is -0.274. The molecule has 3 amide bonds. The molecule has 1 saturated carbocycles. The number of aromatic nitrogens is 1. The first kappa shape index (κ1) is 23.5. The summed E-state index contributed by atoms with van der Waals surface area (Å²) in [7, 11) is 0. The molecule has 35 heavy (non-hydrogen) atoms. The summed E-state index contributed by atoms with van der Waals surface area (Å²) < 4.78 is 0. The molecule has 1 aliphatic carbocycles. The molecule has 5 rings (SSSR count). The Morgan fingerprint density at radius 2 is 1.71 bits per heavy atom. The SMILES string of the molecule is CCN1CCN(c2ccc(CNC(=O)c3ccc4c(c3)C(=O)N(C3CCCCC3)C4=O)cn2)CC1.